The molecule has 0 saturated heterocycles. The fourth-order valence-corrected chi connectivity index (χ4v) is 1.84. The molecule has 0 radical (unpaired) electrons. The second-order valence-corrected chi connectivity index (χ2v) is 4.17. The minimum absolute atomic E-state index is 0.716. The molecule has 4 heteroatoms. The zero-order chi connectivity index (χ0) is 9.26. The van der Waals surface area contributed by atoms with E-state index in [9.17, 15) is 4.79 Å². The summed E-state index contributed by atoms with van der Waals surface area (Å²) in [6, 6.07) is 0. The molecule has 1 aliphatic rings. The van der Waals surface area contributed by atoms with Crippen molar-refractivity contribution in [2.75, 3.05) is 6.26 Å². The summed E-state index contributed by atoms with van der Waals surface area (Å²) in [5, 5.41) is 5.17. The zero-order valence-corrected chi connectivity index (χ0v) is 8.38. The number of rotatable bonds is 4. The molecule has 0 atom stereocenters. The maximum atomic E-state index is 10.6. The highest BCUT2D eigenvalue weighted by Crippen LogP contribution is 2.30. The number of nitrogens with zero attached hydrogens (tertiary/aromatic N) is 2. The third-order valence-electron chi connectivity index (χ3n) is 2.22. The van der Waals surface area contributed by atoms with Crippen LogP contribution in [0.3, 0.4) is 0 Å². The van der Waals surface area contributed by atoms with Crippen LogP contribution in [0.25, 0.3) is 0 Å². The van der Waals surface area contributed by atoms with Gasteiger partial charge in [0.1, 0.15) is 5.03 Å². The predicted octanol–water partition coefficient (Wildman–Crippen LogP) is 1.83. The standard InChI is InChI=1S/C9H12N2OS/c1-13-9-8(6-12)5-11(10-9)4-7-2-3-7/h5-7H,2-4H2,1H3. The number of hydrogen-bond donors (Lipinski definition) is 0. The molecule has 0 aliphatic heterocycles. The molecule has 13 heavy (non-hydrogen) atoms. The second kappa shape index (κ2) is 3.54. The van der Waals surface area contributed by atoms with Gasteiger partial charge in [0.25, 0.3) is 0 Å². The highest BCUT2D eigenvalue weighted by molar-refractivity contribution is 7.98. The Morgan fingerprint density at radius 2 is 2.54 bits per heavy atom. The molecule has 70 valence electrons. The van der Waals surface area contributed by atoms with E-state index in [2.05, 4.69) is 5.10 Å². The molecule has 1 heterocycles. The lowest BCUT2D eigenvalue weighted by molar-refractivity contribution is 0.112. The van der Waals surface area contributed by atoms with E-state index in [4.69, 9.17) is 0 Å². The van der Waals surface area contributed by atoms with E-state index in [1.54, 1.807) is 0 Å². The fraction of sp³-hybridized carbons (Fsp3) is 0.556. The van der Waals surface area contributed by atoms with Crippen molar-refractivity contribution in [3.63, 3.8) is 0 Å². The van der Waals surface area contributed by atoms with E-state index in [1.807, 2.05) is 17.1 Å². The molecule has 0 N–H and O–H groups in total. The minimum Gasteiger partial charge on any atom is -0.298 e. The Hall–Kier alpha value is -0.770. The molecule has 0 unspecified atom stereocenters. The van der Waals surface area contributed by atoms with Crippen LogP contribution in [-0.2, 0) is 6.54 Å². The summed E-state index contributed by atoms with van der Waals surface area (Å²) in [5.41, 5.74) is 0.716. The van der Waals surface area contributed by atoms with Gasteiger partial charge >= 0.3 is 0 Å². The molecule has 1 saturated carbocycles. The first-order chi connectivity index (χ1) is 6.33. The van der Waals surface area contributed by atoms with Gasteiger partial charge in [-0.05, 0) is 25.0 Å². The fourth-order valence-electron chi connectivity index (χ4n) is 1.32. The topological polar surface area (TPSA) is 34.9 Å². The first kappa shape index (κ1) is 8.81. The maximum Gasteiger partial charge on any atom is 0.154 e. The van der Waals surface area contributed by atoms with Crippen molar-refractivity contribution in [3.05, 3.63) is 11.8 Å². The Bertz CT molecular complexity index is 317. The van der Waals surface area contributed by atoms with Crippen molar-refractivity contribution >= 4 is 18.0 Å². The first-order valence-electron chi connectivity index (χ1n) is 4.40. The average Bonchev–Trinajstić information content (AvgIpc) is 2.84. The van der Waals surface area contributed by atoms with Crippen LogP contribution in [-0.4, -0.2) is 22.3 Å². The van der Waals surface area contributed by atoms with Crippen LogP contribution >= 0.6 is 11.8 Å². The van der Waals surface area contributed by atoms with Gasteiger partial charge in [-0.25, -0.2) is 0 Å². The Labute approximate surface area is 81.5 Å². The number of aromatic nitrogens is 2. The van der Waals surface area contributed by atoms with Gasteiger partial charge < -0.3 is 0 Å². The van der Waals surface area contributed by atoms with E-state index < -0.39 is 0 Å². The molecule has 0 amide bonds. The molecule has 0 spiro atoms. The first-order valence-corrected chi connectivity index (χ1v) is 5.62. The quantitative estimate of drug-likeness (QED) is 0.544. The molecule has 1 aliphatic carbocycles. The summed E-state index contributed by atoms with van der Waals surface area (Å²) in [6.45, 7) is 0.974. The minimum atomic E-state index is 0.716. The van der Waals surface area contributed by atoms with Crippen molar-refractivity contribution in [2.45, 2.75) is 24.4 Å². The lowest BCUT2D eigenvalue weighted by Gasteiger charge is -1.96. The number of thioether (sulfide) groups is 1. The van der Waals surface area contributed by atoms with Crippen molar-refractivity contribution in [2.24, 2.45) is 5.92 Å². The predicted molar refractivity (Wildman–Crippen MR) is 52.1 cm³/mol. The number of carbonyl (C=O) groups is 1. The molecule has 1 aromatic heterocycles. The van der Waals surface area contributed by atoms with E-state index in [0.29, 0.717) is 5.56 Å². The van der Waals surface area contributed by atoms with Crippen LogP contribution in [0.2, 0.25) is 0 Å². The number of carbonyl (C=O) groups excluding carboxylic acids is 1. The summed E-state index contributed by atoms with van der Waals surface area (Å²) >= 11 is 1.53. The van der Waals surface area contributed by atoms with Crippen molar-refractivity contribution in [1.82, 2.24) is 9.78 Å². The Morgan fingerprint density at radius 3 is 3.00 bits per heavy atom. The summed E-state index contributed by atoms with van der Waals surface area (Å²) < 4.78 is 1.90. The average molecular weight is 196 g/mol. The van der Waals surface area contributed by atoms with Gasteiger partial charge in [-0.15, -0.1) is 11.8 Å². The van der Waals surface area contributed by atoms with Crippen molar-refractivity contribution in [1.29, 1.82) is 0 Å². The zero-order valence-electron chi connectivity index (χ0n) is 7.56. The third-order valence-corrected chi connectivity index (χ3v) is 2.92. The van der Waals surface area contributed by atoms with Crippen LogP contribution in [0.1, 0.15) is 23.2 Å². The highest BCUT2D eigenvalue weighted by atomic mass is 32.2. The van der Waals surface area contributed by atoms with E-state index in [0.717, 1.165) is 23.8 Å². The molecular formula is C9H12N2OS. The molecule has 2 rings (SSSR count). The van der Waals surface area contributed by atoms with Gasteiger partial charge in [-0.1, -0.05) is 0 Å². The lowest BCUT2D eigenvalue weighted by atomic mass is 10.4. The molecule has 1 aromatic rings. The van der Waals surface area contributed by atoms with E-state index in [-0.39, 0.29) is 0 Å². The number of aldehydes is 1. The molecule has 0 aromatic carbocycles. The normalized spacial score (nSPS) is 16.1. The summed E-state index contributed by atoms with van der Waals surface area (Å²) in [6.07, 6.45) is 7.28. The van der Waals surface area contributed by atoms with Gasteiger partial charge in [0.2, 0.25) is 0 Å². The van der Waals surface area contributed by atoms with E-state index >= 15 is 0 Å². The summed E-state index contributed by atoms with van der Waals surface area (Å²) in [5.74, 6) is 0.800. The third kappa shape index (κ3) is 1.94. The van der Waals surface area contributed by atoms with Gasteiger partial charge in [0.05, 0.1) is 5.56 Å². The van der Waals surface area contributed by atoms with Gasteiger partial charge in [0, 0.05) is 12.7 Å². The largest absolute Gasteiger partial charge is 0.298 e. The van der Waals surface area contributed by atoms with Crippen LogP contribution in [0.15, 0.2) is 11.2 Å². The number of hydrogen-bond acceptors (Lipinski definition) is 3. The molecule has 1 fully saturated rings. The summed E-state index contributed by atoms with van der Waals surface area (Å²) in [4.78, 5) is 10.6. The Morgan fingerprint density at radius 1 is 1.77 bits per heavy atom. The van der Waals surface area contributed by atoms with Gasteiger partial charge in [-0.3, -0.25) is 9.48 Å². The SMILES string of the molecule is CSc1nn(CC2CC2)cc1C=O. The molecular weight excluding hydrogens is 184 g/mol. The molecule has 3 nitrogen and oxygen atoms in total. The summed E-state index contributed by atoms with van der Waals surface area (Å²) in [7, 11) is 0. The Kier molecular flexibility index (Phi) is 2.40. The van der Waals surface area contributed by atoms with Crippen LogP contribution < -0.4 is 0 Å². The monoisotopic (exact) mass is 196 g/mol. The van der Waals surface area contributed by atoms with Crippen molar-refractivity contribution < 1.29 is 4.79 Å². The molecule has 0 bridgehead atoms. The van der Waals surface area contributed by atoms with Crippen LogP contribution in [0.4, 0.5) is 0 Å². The maximum absolute atomic E-state index is 10.6. The van der Waals surface area contributed by atoms with Crippen LogP contribution in [0.5, 0.6) is 0 Å². The van der Waals surface area contributed by atoms with Gasteiger partial charge in [-0.2, -0.15) is 5.10 Å². The van der Waals surface area contributed by atoms with Crippen LogP contribution in [0, 0.1) is 5.92 Å². The Balaban J connectivity index is 2.16. The van der Waals surface area contributed by atoms with Gasteiger partial charge in [0.15, 0.2) is 6.29 Å². The smallest absolute Gasteiger partial charge is 0.154 e. The lowest BCUT2D eigenvalue weighted by Crippen LogP contribution is -1.99. The second-order valence-electron chi connectivity index (χ2n) is 3.38. The van der Waals surface area contributed by atoms with Crippen molar-refractivity contribution in [3.8, 4) is 0 Å². The highest BCUT2D eigenvalue weighted by Gasteiger charge is 2.22. The van der Waals surface area contributed by atoms with E-state index in [1.165, 1.54) is 24.6 Å².